The molecule has 0 bridgehead atoms. The van der Waals surface area contributed by atoms with E-state index in [1.165, 1.54) is 0 Å². The second-order valence-electron chi connectivity index (χ2n) is 11.6. The maximum Gasteiger partial charge on any atom is 0.410 e. The van der Waals surface area contributed by atoms with Crippen LogP contribution in [0, 0.1) is 11.8 Å². The van der Waals surface area contributed by atoms with E-state index in [0.717, 1.165) is 12.0 Å². The van der Waals surface area contributed by atoms with Gasteiger partial charge in [0.1, 0.15) is 17.0 Å². The van der Waals surface area contributed by atoms with Crippen molar-refractivity contribution >= 4 is 17.9 Å². The normalized spacial score (nSPS) is 16.5. The monoisotopic (exact) mass is 477 g/mol. The highest BCUT2D eigenvalue weighted by Gasteiger charge is 2.33. The summed E-state index contributed by atoms with van der Waals surface area (Å²) < 4.78 is 17.0. The maximum absolute atomic E-state index is 13.1. The summed E-state index contributed by atoms with van der Waals surface area (Å²) in [6, 6.07) is 5.55. The average Bonchev–Trinajstić information content (AvgIpc) is 3.11. The molecule has 0 aliphatic carbocycles. The number of nitrogens with two attached hydrogens (primary N) is 1. The second-order valence-corrected chi connectivity index (χ2v) is 11.6. The molecule has 0 spiro atoms. The average molecular weight is 478 g/mol. The van der Waals surface area contributed by atoms with E-state index < -0.39 is 17.3 Å². The molecule has 192 valence electrons. The lowest BCUT2D eigenvalue weighted by molar-refractivity contribution is 0.0196. The van der Waals surface area contributed by atoms with Crippen LogP contribution < -0.4 is 10.5 Å². The van der Waals surface area contributed by atoms with Gasteiger partial charge in [-0.25, -0.2) is 9.59 Å². The van der Waals surface area contributed by atoms with Crippen molar-refractivity contribution in [2.45, 2.75) is 79.6 Å². The molecule has 1 atom stereocenters. The van der Waals surface area contributed by atoms with Gasteiger partial charge in [-0.2, -0.15) is 0 Å². The Hall–Kier alpha value is -2.64. The van der Waals surface area contributed by atoms with E-state index >= 15 is 0 Å². The van der Waals surface area contributed by atoms with E-state index in [0.29, 0.717) is 50.1 Å². The predicted molar refractivity (Wildman–Crippen MR) is 134 cm³/mol. The van der Waals surface area contributed by atoms with Gasteiger partial charge in [0.25, 0.3) is 0 Å². The molecule has 0 aromatic heterocycles. The van der Waals surface area contributed by atoms with E-state index in [1.807, 2.05) is 53.7 Å². The highest BCUT2D eigenvalue weighted by Crippen LogP contribution is 2.25. The van der Waals surface area contributed by atoms with Crippen LogP contribution in [0.5, 0.6) is 5.75 Å². The number of carbonyl (C=O) groups excluding carboxylic acids is 2. The van der Waals surface area contributed by atoms with E-state index in [2.05, 4.69) is 13.8 Å². The quantitative estimate of drug-likeness (QED) is 0.536. The summed E-state index contributed by atoms with van der Waals surface area (Å²) in [6.45, 7) is 17.8. The first-order valence-electron chi connectivity index (χ1n) is 12.1. The lowest BCUT2D eigenvalue weighted by atomic mass is 10.1. The third-order valence-corrected chi connectivity index (χ3v) is 5.01. The highest BCUT2D eigenvalue weighted by atomic mass is 16.6. The molecule has 1 aliphatic heterocycles. The summed E-state index contributed by atoms with van der Waals surface area (Å²) in [4.78, 5) is 28.9. The van der Waals surface area contributed by atoms with Gasteiger partial charge in [0.05, 0.1) is 6.61 Å². The molecule has 1 aromatic rings. The number of hydrogen-bond acceptors (Lipinski definition) is 6. The molecule has 1 saturated heterocycles. The van der Waals surface area contributed by atoms with Crippen LogP contribution in [0.25, 0.3) is 0 Å². The highest BCUT2D eigenvalue weighted by molar-refractivity contribution is 5.69. The molecular weight excluding hydrogens is 434 g/mol. The number of rotatable bonds is 7. The Morgan fingerprint density at radius 1 is 1.09 bits per heavy atom. The van der Waals surface area contributed by atoms with Crippen LogP contribution in [0.2, 0.25) is 0 Å². The minimum absolute atomic E-state index is 0.123. The van der Waals surface area contributed by atoms with E-state index in [4.69, 9.17) is 19.9 Å². The Morgan fingerprint density at radius 3 is 2.32 bits per heavy atom. The predicted octanol–water partition coefficient (Wildman–Crippen LogP) is 5.30. The van der Waals surface area contributed by atoms with Crippen LogP contribution in [-0.4, -0.2) is 59.4 Å². The Labute approximate surface area is 204 Å². The molecule has 2 rings (SSSR count). The van der Waals surface area contributed by atoms with Crippen molar-refractivity contribution in [3.63, 3.8) is 0 Å². The van der Waals surface area contributed by atoms with Crippen LogP contribution in [0.15, 0.2) is 18.2 Å². The standard InChI is InChI=1S/C26H43N3O5/c1-18(2)17-32-22-12-20(11-21(27)13-22)16-29(24(31)34-26(6,7)8)15-19-9-10-28(14-19)23(30)33-25(3,4)5/h11-13,18-19H,9-10,14-17,27H2,1-8H3. The minimum atomic E-state index is -0.616. The molecule has 1 aromatic carbocycles. The number of amides is 2. The fourth-order valence-electron chi connectivity index (χ4n) is 3.66. The van der Waals surface area contributed by atoms with Crippen LogP contribution in [0.1, 0.15) is 67.4 Å². The first kappa shape index (κ1) is 27.6. The van der Waals surface area contributed by atoms with Gasteiger partial charge in [-0.05, 0) is 77.5 Å². The summed E-state index contributed by atoms with van der Waals surface area (Å²) in [5.41, 5.74) is 6.40. The zero-order chi connectivity index (χ0) is 25.7. The van der Waals surface area contributed by atoms with Crippen LogP contribution in [0.4, 0.5) is 15.3 Å². The number of carbonyl (C=O) groups is 2. The van der Waals surface area contributed by atoms with Crippen molar-refractivity contribution in [2.75, 3.05) is 32.0 Å². The zero-order valence-corrected chi connectivity index (χ0v) is 22.1. The topological polar surface area (TPSA) is 94.3 Å². The Balaban J connectivity index is 2.14. The van der Waals surface area contributed by atoms with Crippen molar-refractivity contribution in [3.8, 4) is 5.75 Å². The van der Waals surface area contributed by atoms with Gasteiger partial charge in [0.15, 0.2) is 0 Å². The van der Waals surface area contributed by atoms with Gasteiger partial charge in [0, 0.05) is 37.9 Å². The number of benzene rings is 1. The van der Waals surface area contributed by atoms with Crippen molar-refractivity contribution in [3.05, 3.63) is 23.8 Å². The molecule has 1 aliphatic rings. The van der Waals surface area contributed by atoms with Crippen molar-refractivity contribution < 1.29 is 23.8 Å². The molecule has 1 heterocycles. The van der Waals surface area contributed by atoms with Crippen molar-refractivity contribution in [1.29, 1.82) is 0 Å². The smallest absolute Gasteiger partial charge is 0.410 e. The molecule has 8 heteroatoms. The zero-order valence-electron chi connectivity index (χ0n) is 22.1. The fraction of sp³-hybridized carbons (Fsp3) is 0.692. The summed E-state index contributed by atoms with van der Waals surface area (Å²) >= 11 is 0. The molecule has 0 saturated carbocycles. The number of nitrogen functional groups attached to an aromatic ring is 1. The van der Waals surface area contributed by atoms with Gasteiger partial charge in [-0.1, -0.05) is 13.8 Å². The summed E-state index contributed by atoms with van der Waals surface area (Å²) in [6.07, 6.45) is 0.0787. The lowest BCUT2D eigenvalue weighted by Gasteiger charge is -2.30. The molecule has 8 nitrogen and oxygen atoms in total. The number of nitrogens with zero attached hydrogens (tertiary/aromatic N) is 2. The van der Waals surface area contributed by atoms with Gasteiger partial charge in [-0.3, -0.25) is 0 Å². The maximum atomic E-state index is 13.1. The van der Waals surface area contributed by atoms with Crippen LogP contribution in [0.3, 0.4) is 0 Å². The third kappa shape index (κ3) is 9.69. The molecule has 1 fully saturated rings. The van der Waals surface area contributed by atoms with Gasteiger partial charge in [-0.15, -0.1) is 0 Å². The summed E-state index contributed by atoms with van der Waals surface area (Å²) in [7, 11) is 0. The molecule has 2 N–H and O–H groups in total. The summed E-state index contributed by atoms with van der Waals surface area (Å²) in [5.74, 6) is 1.20. The van der Waals surface area contributed by atoms with Crippen molar-refractivity contribution in [1.82, 2.24) is 9.80 Å². The van der Waals surface area contributed by atoms with E-state index in [9.17, 15) is 9.59 Å². The first-order valence-corrected chi connectivity index (χ1v) is 12.1. The number of ether oxygens (including phenoxy) is 3. The Bertz CT molecular complexity index is 842. The van der Waals surface area contributed by atoms with Crippen molar-refractivity contribution in [2.24, 2.45) is 11.8 Å². The number of anilines is 1. The molecule has 0 radical (unpaired) electrons. The largest absolute Gasteiger partial charge is 0.493 e. The Morgan fingerprint density at radius 2 is 1.74 bits per heavy atom. The van der Waals surface area contributed by atoms with Gasteiger partial charge < -0.3 is 29.7 Å². The molecular formula is C26H43N3O5. The second kappa shape index (κ2) is 11.2. The Kier molecular flexibility index (Phi) is 9.08. The van der Waals surface area contributed by atoms with Gasteiger partial charge in [0.2, 0.25) is 0 Å². The SMILES string of the molecule is CC(C)COc1cc(N)cc(CN(CC2CCN(C(=O)OC(C)(C)C)C2)C(=O)OC(C)(C)C)c1. The molecule has 1 unspecified atom stereocenters. The van der Waals surface area contributed by atoms with E-state index in [-0.39, 0.29) is 12.0 Å². The lowest BCUT2D eigenvalue weighted by Crippen LogP contribution is -2.40. The fourth-order valence-corrected chi connectivity index (χ4v) is 3.66. The minimum Gasteiger partial charge on any atom is -0.493 e. The third-order valence-electron chi connectivity index (χ3n) is 5.01. The molecule has 2 amide bonds. The van der Waals surface area contributed by atoms with Crippen LogP contribution >= 0.6 is 0 Å². The number of likely N-dealkylation sites (tertiary alicyclic amines) is 1. The first-order chi connectivity index (χ1) is 15.6. The van der Waals surface area contributed by atoms with Gasteiger partial charge >= 0.3 is 12.2 Å². The molecule has 34 heavy (non-hydrogen) atoms. The van der Waals surface area contributed by atoms with E-state index in [1.54, 1.807) is 15.9 Å². The number of hydrogen-bond donors (Lipinski definition) is 1. The summed E-state index contributed by atoms with van der Waals surface area (Å²) in [5, 5.41) is 0. The van der Waals surface area contributed by atoms with Crippen LogP contribution in [-0.2, 0) is 16.0 Å².